The van der Waals surface area contributed by atoms with E-state index in [-0.39, 0.29) is 11.3 Å². The second-order valence-electron chi connectivity index (χ2n) is 6.46. The van der Waals surface area contributed by atoms with E-state index in [4.69, 9.17) is 16.6 Å². The molecule has 2 atom stereocenters. The number of rotatable bonds is 3. The van der Waals surface area contributed by atoms with Gasteiger partial charge in [0.15, 0.2) is 0 Å². The normalized spacial score (nSPS) is 25.7. The van der Waals surface area contributed by atoms with Crippen molar-refractivity contribution in [3.05, 3.63) is 59.3 Å². The van der Waals surface area contributed by atoms with Gasteiger partial charge >= 0.3 is 0 Å². The number of alkyl halides is 1. The van der Waals surface area contributed by atoms with E-state index in [2.05, 4.69) is 23.9 Å². The summed E-state index contributed by atoms with van der Waals surface area (Å²) in [7, 11) is 0. The Morgan fingerprint density at radius 3 is 2.61 bits per heavy atom. The molecule has 0 aromatic heterocycles. The molecule has 1 saturated carbocycles. The summed E-state index contributed by atoms with van der Waals surface area (Å²) in [6.07, 6.45) is 6.57. The van der Waals surface area contributed by atoms with Crippen molar-refractivity contribution in [3.63, 3.8) is 0 Å². The number of allylic oxidation sites excluding steroid dienone is 2. The van der Waals surface area contributed by atoms with E-state index in [9.17, 15) is 4.39 Å². The van der Waals surface area contributed by atoms with Gasteiger partial charge in [-0.1, -0.05) is 11.6 Å². The van der Waals surface area contributed by atoms with E-state index in [1.165, 1.54) is 25.0 Å². The quantitative estimate of drug-likeness (QED) is 0.608. The standard InChI is InChI=1S/C18H19ClFN3/c1-11-9-16(14-5-7-15(20)8-6-14)21-18-10-17(19)23(22(11)18)12(2)13-3-4-13/h5-10,12-13,17H,3-4H2,1-2H3/t12?,17-/m1/s1. The van der Waals surface area contributed by atoms with Gasteiger partial charge in [-0.2, -0.15) is 5.01 Å². The molecule has 23 heavy (non-hydrogen) atoms. The Kier molecular flexibility index (Phi) is 3.54. The molecule has 0 N–H and O–H groups in total. The fourth-order valence-electron chi connectivity index (χ4n) is 3.33. The molecule has 120 valence electrons. The molecular weight excluding hydrogens is 313 g/mol. The van der Waals surface area contributed by atoms with E-state index >= 15 is 0 Å². The number of hydrogen-bond acceptors (Lipinski definition) is 3. The third-order valence-corrected chi connectivity index (χ3v) is 5.09. The number of fused-ring (bicyclic) bond motifs is 1. The molecule has 3 aliphatic rings. The Balaban J connectivity index is 1.66. The Labute approximate surface area is 140 Å². The summed E-state index contributed by atoms with van der Waals surface area (Å²) in [5, 5.41) is 4.33. The number of halogens is 2. The maximum Gasteiger partial charge on any atom is 0.146 e. The van der Waals surface area contributed by atoms with Crippen molar-refractivity contribution in [2.75, 3.05) is 0 Å². The van der Waals surface area contributed by atoms with Gasteiger partial charge in [-0.05, 0) is 69.0 Å². The summed E-state index contributed by atoms with van der Waals surface area (Å²) < 4.78 is 13.1. The van der Waals surface area contributed by atoms with Crippen LogP contribution >= 0.6 is 11.6 Å². The molecule has 1 fully saturated rings. The minimum absolute atomic E-state index is 0.180. The van der Waals surface area contributed by atoms with Crippen LogP contribution in [-0.2, 0) is 0 Å². The van der Waals surface area contributed by atoms with Crippen LogP contribution in [-0.4, -0.2) is 27.3 Å². The molecule has 3 nitrogen and oxygen atoms in total. The lowest BCUT2D eigenvalue weighted by molar-refractivity contribution is 0.0114. The summed E-state index contributed by atoms with van der Waals surface area (Å²) >= 11 is 6.56. The summed E-state index contributed by atoms with van der Waals surface area (Å²) in [6, 6.07) is 6.83. The van der Waals surface area contributed by atoms with Crippen LogP contribution in [0, 0.1) is 11.7 Å². The van der Waals surface area contributed by atoms with E-state index in [0.717, 1.165) is 28.7 Å². The zero-order chi connectivity index (χ0) is 16.1. The first-order chi connectivity index (χ1) is 11.0. The minimum Gasteiger partial charge on any atom is -0.260 e. The molecule has 1 aliphatic carbocycles. The highest BCUT2D eigenvalue weighted by Gasteiger charge is 2.42. The van der Waals surface area contributed by atoms with Gasteiger partial charge in [0.2, 0.25) is 0 Å². The summed E-state index contributed by atoms with van der Waals surface area (Å²) in [5.74, 6) is 1.34. The largest absolute Gasteiger partial charge is 0.260 e. The monoisotopic (exact) mass is 331 g/mol. The van der Waals surface area contributed by atoms with E-state index < -0.39 is 0 Å². The summed E-state index contributed by atoms with van der Waals surface area (Å²) in [6.45, 7) is 4.30. The second-order valence-corrected chi connectivity index (χ2v) is 6.90. The molecule has 1 aromatic rings. The molecule has 4 rings (SSSR count). The van der Waals surface area contributed by atoms with Crippen molar-refractivity contribution in [2.24, 2.45) is 10.9 Å². The van der Waals surface area contributed by atoms with Gasteiger partial charge in [-0.15, -0.1) is 0 Å². The highest BCUT2D eigenvalue weighted by molar-refractivity contribution is 6.21. The van der Waals surface area contributed by atoms with Crippen LogP contribution in [0.2, 0.25) is 0 Å². The van der Waals surface area contributed by atoms with Gasteiger partial charge in [0, 0.05) is 17.3 Å². The molecule has 2 heterocycles. The van der Waals surface area contributed by atoms with Crippen LogP contribution in [0.3, 0.4) is 0 Å². The number of nitrogens with zero attached hydrogens (tertiary/aromatic N) is 3. The Hall–Kier alpha value is -1.65. The first-order valence-corrected chi connectivity index (χ1v) is 8.45. The average Bonchev–Trinajstić information content (AvgIpc) is 3.30. The third kappa shape index (κ3) is 2.60. The number of benzene rings is 1. The fraction of sp³-hybridized carbons (Fsp3) is 0.389. The SMILES string of the molecule is CC1=CC(c2ccc(F)cc2)=NC2=C[C@H](Cl)N(C(C)C3CC3)N12. The van der Waals surface area contributed by atoms with Crippen molar-refractivity contribution in [3.8, 4) is 0 Å². The average molecular weight is 332 g/mol. The van der Waals surface area contributed by atoms with Crippen LogP contribution in [0.15, 0.2) is 52.9 Å². The van der Waals surface area contributed by atoms with Crippen LogP contribution in [0.5, 0.6) is 0 Å². The summed E-state index contributed by atoms with van der Waals surface area (Å²) in [4.78, 5) is 4.74. The van der Waals surface area contributed by atoms with Crippen LogP contribution in [0.1, 0.15) is 32.3 Å². The van der Waals surface area contributed by atoms with Gasteiger partial charge in [-0.3, -0.25) is 5.01 Å². The Morgan fingerprint density at radius 1 is 1.26 bits per heavy atom. The molecule has 0 saturated heterocycles. The second kappa shape index (κ2) is 5.46. The molecule has 5 heteroatoms. The molecule has 0 bridgehead atoms. The Bertz CT molecular complexity index is 718. The van der Waals surface area contributed by atoms with Crippen molar-refractivity contribution in [1.29, 1.82) is 0 Å². The first-order valence-electron chi connectivity index (χ1n) is 8.02. The number of hydrogen-bond donors (Lipinski definition) is 0. The topological polar surface area (TPSA) is 18.8 Å². The van der Waals surface area contributed by atoms with Gasteiger partial charge in [0.1, 0.15) is 17.1 Å². The fourth-order valence-corrected chi connectivity index (χ4v) is 3.71. The predicted octanol–water partition coefficient (Wildman–Crippen LogP) is 4.27. The van der Waals surface area contributed by atoms with Gasteiger partial charge in [0.05, 0.1) is 5.71 Å². The predicted molar refractivity (Wildman–Crippen MR) is 90.3 cm³/mol. The van der Waals surface area contributed by atoms with Crippen molar-refractivity contribution in [1.82, 2.24) is 10.0 Å². The van der Waals surface area contributed by atoms with Gasteiger partial charge in [-0.25, -0.2) is 9.38 Å². The third-order valence-electron chi connectivity index (χ3n) is 4.76. The van der Waals surface area contributed by atoms with Crippen LogP contribution in [0.4, 0.5) is 4.39 Å². The minimum atomic E-state index is -0.238. The zero-order valence-corrected chi connectivity index (χ0v) is 14.0. The molecule has 0 amide bonds. The van der Waals surface area contributed by atoms with Gasteiger partial charge < -0.3 is 0 Å². The van der Waals surface area contributed by atoms with Crippen LogP contribution in [0.25, 0.3) is 0 Å². The molecule has 2 aliphatic heterocycles. The van der Waals surface area contributed by atoms with Crippen molar-refractivity contribution >= 4 is 17.3 Å². The van der Waals surface area contributed by atoms with Crippen molar-refractivity contribution < 1.29 is 4.39 Å². The number of aliphatic imine (C=N–C) groups is 1. The lowest BCUT2D eigenvalue weighted by Gasteiger charge is -2.39. The smallest absolute Gasteiger partial charge is 0.146 e. The Morgan fingerprint density at radius 2 is 1.96 bits per heavy atom. The highest BCUT2D eigenvalue weighted by atomic mass is 35.5. The maximum absolute atomic E-state index is 13.1. The lowest BCUT2D eigenvalue weighted by atomic mass is 10.1. The van der Waals surface area contributed by atoms with Gasteiger partial charge in [0.25, 0.3) is 0 Å². The molecule has 1 aromatic carbocycles. The van der Waals surface area contributed by atoms with E-state index in [1.54, 1.807) is 12.1 Å². The van der Waals surface area contributed by atoms with Crippen molar-refractivity contribution in [2.45, 2.75) is 38.2 Å². The molecular formula is C18H19ClFN3. The molecule has 0 radical (unpaired) electrons. The summed E-state index contributed by atoms with van der Waals surface area (Å²) in [5.41, 5.74) is 2.65. The van der Waals surface area contributed by atoms with Crippen LogP contribution < -0.4 is 0 Å². The molecule has 0 spiro atoms. The van der Waals surface area contributed by atoms with E-state index in [1.807, 2.05) is 12.2 Å². The first kappa shape index (κ1) is 14.9. The number of hydrazine groups is 1. The lowest BCUT2D eigenvalue weighted by Crippen LogP contribution is -2.46. The maximum atomic E-state index is 13.1. The highest BCUT2D eigenvalue weighted by Crippen LogP contribution is 2.42. The zero-order valence-electron chi connectivity index (χ0n) is 13.2. The molecule has 1 unspecified atom stereocenters. The van der Waals surface area contributed by atoms with E-state index in [0.29, 0.717) is 6.04 Å².